The average Bonchev–Trinajstić information content (AvgIpc) is 2.67. The van der Waals surface area contributed by atoms with Crippen LogP contribution in [-0.2, 0) is 0 Å². The third-order valence-electron chi connectivity index (χ3n) is 5.35. The summed E-state index contributed by atoms with van der Waals surface area (Å²) in [5.41, 5.74) is 0.830. The molecule has 0 aliphatic carbocycles. The van der Waals surface area contributed by atoms with E-state index in [2.05, 4.69) is 60.4 Å². The number of Topliss-reactive ketones (excluding diaryl/α,β-unsaturated/α-hetero) is 1. The Kier molecular flexibility index (Phi) is 4.07. The van der Waals surface area contributed by atoms with Crippen molar-refractivity contribution in [3.05, 3.63) is 60.2 Å². The molecule has 122 valence electrons. The normalized spacial score (nSPS) is 17.2. The SMILES string of the molecule is CC(C(=O)c1ccc2ccc3ccccc3c2c1)N1CCCCC1. The number of ketones is 1. The van der Waals surface area contributed by atoms with E-state index in [1.165, 1.54) is 40.8 Å². The molecule has 2 nitrogen and oxygen atoms in total. The van der Waals surface area contributed by atoms with Gasteiger partial charge < -0.3 is 0 Å². The van der Waals surface area contributed by atoms with Crippen molar-refractivity contribution < 1.29 is 4.79 Å². The largest absolute Gasteiger partial charge is 0.294 e. The Bertz CT molecular complexity index is 893. The fourth-order valence-corrected chi connectivity index (χ4v) is 3.87. The molecule has 1 saturated heterocycles. The van der Waals surface area contributed by atoms with E-state index in [4.69, 9.17) is 0 Å². The first-order valence-electron chi connectivity index (χ1n) is 8.94. The molecule has 0 radical (unpaired) electrons. The van der Waals surface area contributed by atoms with Gasteiger partial charge in [0.25, 0.3) is 0 Å². The smallest absolute Gasteiger partial charge is 0.179 e. The third-order valence-corrected chi connectivity index (χ3v) is 5.35. The number of carbonyl (C=O) groups excluding carboxylic acids is 1. The first-order chi connectivity index (χ1) is 11.7. The summed E-state index contributed by atoms with van der Waals surface area (Å²) in [6.07, 6.45) is 3.71. The topological polar surface area (TPSA) is 20.3 Å². The monoisotopic (exact) mass is 317 g/mol. The minimum Gasteiger partial charge on any atom is -0.294 e. The number of fused-ring (bicyclic) bond motifs is 3. The van der Waals surface area contributed by atoms with Gasteiger partial charge in [0, 0.05) is 5.56 Å². The second-order valence-corrected chi connectivity index (χ2v) is 6.86. The molecule has 1 aliphatic heterocycles. The molecule has 4 rings (SSSR count). The van der Waals surface area contributed by atoms with Gasteiger partial charge in [-0.3, -0.25) is 9.69 Å². The standard InChI is InChI=1S/C22H23NO/c1-16(23-13-5-2-6-14-23)22(24)19-12-11-18-10-9-17-7-3-4-8-20(17)21(18)15-19/h3-4,7-12,15-16H,2,5-6,13-14H2,1H3. The summed E-state index contributed by atoms with van der Waals surface area (Å²) >= 11 is 0. The van der Waals surface area contributed by atoms with Gasteiger partial charge in [-0.25, -0.2) is 0 Å². The molecule has 0 bridgehead atoms. The van der Waals surface area contributed by atoms with Crippen LogP contribution in [0.25, 0.3) is 21.5 Å². The molecular formula is C22H23NO. The molecule has 0 amide bonds. The van der Waals surface area contributed by atoms with Crippen LogP contribution in [0.3, 0.4) is 0 Å². The lowest BCUT2D eigenvalue weighted by molar-refractivity contribution is 0.0809. The van der Waals surface area contributed by atoms with Crippen LogP contribution in [0.4, 0.5) is 0 Å². The lowest BCUT2D eigenvalue weighted by Crippen LogP contribution is -2.42. The Morgan fingerprint density at radius 1 is 0.875 bits per heavy atom. The van der Waals surface area contributed by atoms with E-state index in [-0.39, 0.29) is 11.8 Å². The number of hydrogen-bond donors (Lipinski definition) is 0. The maximum atomic E-state index is 13.0. The minimum atomic E-state index is -0.0299. The van der Waals surface area contributed by atoms with Crippen molar-refractivity contribution in [2.45, 2.75) is 32.2 Å². The van der Waals surface area contributed by atoms with Crippen LogP contribution >= 0.6 is 0 Å². The minimum absolute atomic E-state index is 0.0299. The van der Waals surface area contributed by atoms with Gasteiger partial charge in [0.05, 0.1) is 6.04 Å². The summed E-state index contributed by atoms with van der Waals surface area (Å²) in [5, 5.41) is 4.80. The van der Waals surface area contributed by atoms with Gasteiger partial charge in [0.2, 0.25) is 0 Å². The van der Waals surface area contributed by atoms with Crippen LogP contribution < -0.4 is 0 Å². The lowest BCUT2D eigenvalue weighted by atomic mass is 9.96. The van der Waals surface area contributed by atoms with E-state index in [0.717, 1.165) is 18.7 Å². The van der Waals surface area contributed by atoms with Gasteiger partial charge in [-0.05, 0) is 60.5 Å². The van der Waals surface area contributed by atoms with Crippen LogP contribution in [-0.4, -0.2) is 29.8 Å². The molecule has 3 aromatic carbocycles. The molecule has 1 fully saturated rings. The molecule has 2 heteroatoms. The number of rotatable bonds is 3. The molecule has 1 unspecified atom stereocenters. The number of piperidine rings is 1. The fraction of sp³-hybridized carbons (Fsp3) is 0.318. The van der Waals surface area contributed by atoms with E-state index < -0.39 is 0 Å². The number of benzene rings is 3. The molecule has 1 atom stereocenters. The maximum Gasteiger partial charge on any atom is 0.179 e. The molecule has 0 spiro atoms. The second-order valence-electron chi connectivity index (χ2n) is 6.86. The molecule has 1 aliphatic rings. The molecule has 0 aromatic heterocycles. The third kappa shape index (κ3) is 2.71. The highest BCUT2D eigenvalue weighted by molar-refractivity contribution is 6.11. The fourth-order valence-electron chi connectivity index (χ4n) is 3.87. The zero-order valence-electron chi connectivity index (χ0n) is 14.2. The molecule has 0 saturated carbocycles. The van der Waals surface area contributed by atoms with Crippen molar-refractivity contribution in [2.75, 3.05) is 13.1 Å². The number of nitrogens with zero attached hydrogens (tertiary/aromatic N) is 1. The predicted molar refractivity (Wildman–Crippen MR) is 101 cm³/mol. The molecular weight excluding hydrogens is 294 g/mol. The highest BCUT2D eigenvalue weighted by Crippen LogP contribution is 2.27. The molecule has 1 heterocycles. The summed E-state index contributed by atoms with van der Waals surface area (Å²) < 4.78 is 0. The van der Waals surface area contributed by atoms with Gasteiger partial charge in [-0.15, -0.1) is 0 Å². The van der Waals surface area contributed by atoms with E-state index in [0.29, 0.717) is 0 Å². The molecule has 24 heavy (non-hydrogen) atoms. The summed E-state index contributed by atoms with van der Waals surface area (Å²) in [5.74, 6) is 0.242. The van der Waals surface area contributed by atoms with E-state index in [1.54, 1.807) is 0 Å². The number of carbonyl (C=O) groups is 1. The van der Waals surface area contributed by atoms with E-state index >= 15 is 0 Å². The first kappa shape index (κ1) is 15.3. The summed E-state index contributed by atoms with van der Waals surface area (Å²) in [7, 11) is 0. The Labute approximate surface area is 143 Å². The van der Waals surface area contributed by atoms with Crippen LogP contribution in [0.15, 0.2) is 54.6 Å². The zero-order chi connectivity index (χ0) is 16.5. The Morgan fingerprint density at radius 3 is 2.33 bits per heavy atom. The summed E-state index contributed by atoms with van der Waals surface area (Å²) in [6, 6.07) is 18.8. The average molecular weight is 317 g/mol. The van der Waals surface area contributed by atoms with Crippen LogP contribution in [0.1, 0.15) is 36.5 Å². The van der Waals surface area contributed by atoms with Gasteiger partial charge in [-0.2, -0.15) is 0 Å². The quantitative estimate of drug-likeness (QED) is 0.497. The van der Waals surface area contributed by atoms with Crippen molar-refractivity contribution >= 4 is 27.3 Å². The Balaban J connectivity index is 1.73. The highest BCUT2D eigenvalue weighted by atomic mass is 16.1. The van der Waals surface area contributed by atoms with Gasteiger partial charge in [-0.1, -0.05) is 55.0 Å². The Hall–Kier alpha value is -2.19. The second kappa shape index (κ2) is 6.37. The van der Waals surface area contributed by atoms with Crippen LogP contribution in [0.2, 0.25) is 0 Å². The van der Waals surface area contributed by atoms with Crippen LogP contribution in [0.5, 0.6) is 0 Å². The van der Waals surface area contributed by atoms with Gasteiger partial charge in [0.15, 0.2) is 5.78 Å². The number of likely N-dealkylation sites (tertiary alicyclic amines) is 1. The summed E-state index contributed by atoms with van der Waals surface area (Å²) in [6.45, 7) is 4.15. The zero-order valence-corrected chi connectivity index (χ0v) is 14.2. The van der Waals surface area contributed by atoms with Crippen molar-refractivity contribution in [1.29, 1.82) is 0 Å². The van der Waals surface area contributed by atoms with Gasteiger partial charge in [0.1, 0.15) is 0 Å². The van der Waals surface area contributed by atoms with E-state index in [1.807, 2.05) is 6.07 Å². The Morgan fingerprint density at radius 2 is 1.54 bits per heavy atom. The number of hydrogen-bond acceptors (Lipinski definition) is 2. The first-order valence-corrected chi connectivity index (χ1v) is 8.94. The molecule has 0 N–H and O–H groups in total. The van der Waals surface area contributed by atoms with Crippen LogP contribution in [0, 0.1) is 0 Å². The van der Waals surface area contributed by atoms with Crippen molar-refractivity contribution in [2.24, 2.45) is 0 Å². The lowest BCUT2D eigenvalue weighted by Gasteiger charge is -2.31. The van der Waals surface area contributed by atoms with Crippen molar-refractivity contribution in [3.8, 4) is 0 Å². The predicted octanol–water partition coefficient (Wildman–Crippen LogP) is 5.05. The van der Waals surface area contributed by atoms with Crippen molar-refractivity contribution in [3.63, 3.8) is 0 Å². The van der Waals surface area contributed by atoms with Crippen molar-refractivity contribution in [1.82, 2.24) is 4.90 Å². The molecule has 3 aromatic rings. The van der Waals surface area contributed by atoms with E-state index in [9.17, 15) is 4.79 Å². The van der Waals surface area contributed by atoms with Gasteiger partial charge >= 0.3 is 0 Å². The maximum absolute atomic E-state index is 13.0. The highest BCUT2D eigenvalue weighted by Gasteiger charge is 2.24. The summed E-state index contributed by atoms with van der Waals surface area (Å²) in [4.78, 5) is 15.3.